The Morgan fingerprint density at radius 1 is 1.43 bits per heavy atom. The smallest absolute Gasteiger partial charge is 0.317 e. The first-order chi connectivity index (χ1) is 10.7. The van der Waals surface area contributed by atoms with Crippen molar-refractivity contribution in [1.82, 2.24) is 9.62 Å². The van der Waals surface area contributed by atoms with Crippen molar-refractivity contribution in [2.45, 2.75) is 36.7 Å². The summed E-state index contributed by atoms with van der Waals surface area (Å²) in [6, 6.07) is 2.86. The highest BCUT2D eigenvalue weighted by molar-refractivity contribution is 7.89. The molecule has 9 heteroatoms. The zero-order valence-corrected chi connectivity index (χ0v) is 14.1. The summed E-state index contributed by atoms with van der Waals surface area (Å²) >= 11 is 5.68. The number of benzene rings is 1. The molecule has 0 saturated heterocycles. The van der Waals surface area contributed by atoms with Crippen LogP contribution < -0.4 is 4.72 Å². The summed E-state index contributed by atoms with van der Waals surface area (Å²) in [6.07, 6.45) is 1.03. The average molecular weight is 365 g/mol. The first-order valence-corrected chi connectivity index (χ1v) is 9.01. The van der Waals surface area contributed by atoms with E-state index in [-0.39, 0.29) is 28.5 Å². The van der Waals surface area contributed by atoms with E-state index in [0.29, 0.717) is 19.4 Å². The predicted molar refractivity (Wildman–Crippen MR) is 83.4 cm³/mol. The quantitative estimate of drug-likeness (QED) is 0.769. The summed E-state index contributed by atoms with van der Waals surface area (Å²) in [5.41, 5.74) is 0. The summed E-state index contributed by atoms with van der Waals surface area (Å²) < 4.78 is 40.2. The maximum Gasteiger partial charge on any atom is 0.317 e. The Labute approximate surface area is 139 Å². The Morgan fingerprint density at radius 2 is 2.09 bits per heavy atom. The van der Waals surface area contributed by atoms with E-state index in [0.717, 1.165) is 12.1 Å². The molecule has 1 aromatic rings. The SMILES string of the molecule is CCN(CC(=O)O)C1CC(NS(=O)(=O)c2cc(F)cc(Cl)c2)C1. The van der Waals surface area contributed by atoms with Crippen LogP contribution in [0.5, 0.6) is 0 Å². The minimum atomic E-state index is -3.85. The highest BCUT2D eigenvalue weighted by Crippen LogP contribution is 2.27. The largest absolute Gasteiger partial charge is 0.480 e. The number of carbonyl (C=O) groups is 1. The molecule has 1 aliphatic carbocycles. The second kappa shape index (κ2) is 7.12. The zero-order chi connectivity index (χ0) is 17.2. The monoisotopic (exact) mass is 364 g/mol. The van der Waals surface area contributed by atoms with Gasteiger partial charge in [0.15, 0.2) is 0 Å². The van der Waals surface area contributed by atoms with E-state index in [4.69, 9.17) is 16.7 Å². The van der Waals surface area contributed by atoms with Crippen molar-refractivity contribution < 1.29 is 22.7 Å². The van der Waals surface area contributed by atoms with Crippen LogP contribution >= 0.6 is 11.6 Å². The normalized spacial score (nSPS) is 21.2. The number of nitrogens with zero attached hydrogens (tertiary/aromatic N) is 1. The number of hydrogen-bond donors (Lipinski definition) is 2. The van der Waals surface area contributed by atoms with Crippen molar-refractivity contribution >= 4 is 27.6 Å². The molecule has 2 N–H and O–H groups in total. The van der Waals surface area contributed by atoms with Gasteiger partial charge >= 0.3 is 5.97 Å². The Bertz CT molecular complexity index is 672. The molecule has 0 atom stereocenters. The number of carboxylic acid groups (broad SMARTS) is 1. The molecule has 0 aliphatic heterocycles. The summed E-state index contributed by atoms with van der Waals surface area (Å²) in [5, 5.41) is 8.85. The summed E-state index contributed by atoms with van der Waals surface area (Å²) in [7, 11) is -3.85. The van der Waals surface area contributed by atoms with Gasteiger partial charge in [-0.05, 0) is 37.6 Å². The number of sulfonamides is 1. The van der Waals surface area contributed by atoms with Crippen LogP contribution in [0, 0.1) is 5.82 Å². The number of rotatable bonds is 7. The second-order valence-electron chi connectivity index (χ2n) is 5.51. The molecule has 0 aromatic heterocycles. The van der Waals surface area contributed by atoms with Gasteiger partial charge in [0.05, 0.1) is 11.4 Å². The minimum absolute atomic E-state index is 0.00970. The molecule has 1 aliphatic rings. The van der Waals surface area contributed by atoms with E-state index in [1.807, 2.05) is 6.92 Å². The summed E-state index contributed by atoms with van der Waals surface area (Å²) in [6.45, 7) is 2.37. The molecule has 0 bridgehead atoms. The lowest BCUT2D eigenvalue weighted by molar-refractivity contribution is -0.139. The minimum Gasteiger partial charge on any atom is -0.480 e. The highest BCUT2D eigenvalue weighted by atomic mass is 35.5. The van der Waals surface area contributed by atoms with Crippen LogP contribution in [0.3, 0.4) is 0 Å². The van der Waals surface area contributed by atoms with Crippen LogP contribution in [0.2, 0.25) is 5.02 Å². The molecule has 0 radical (unpaired) electrons. The van der Waals surface area contributed by atoms with Crippen molar-refractivity contribution in [3.63, 3.8) is 0 Å². The molecule has 0 unspecified atom stereocenters. The van der Waals surface area contributed by atoms with E-state index in [1.165, 1.54) is 6.07 Å². The highest BCUT2D eigenvalue weighted by Gasteiger charge is 2.36. The molecule has 1 saturated carbocycles. The van der Waals surface area contributed by atoms with Gasteiger partial charge in [-0.1, -0.05) is 18.5 Å². The molecule has 23 heavy (non-hydrogen) atoms. The van der Waals surface area contributed by atoms with Crippen LogP contribution in [-0.2, 0) is 14.8 Å². The van der Waals surface area contributed by atoms with E-state index in [9.17, 15) is 17.6 Å². The molecule has 0 heterocycles. The van der Waals surface area contributed by atoms with Gasteiger partial charge in [-0.15, -0.1) is 0 Å². The van der Waals surface area contributed by atoms with Gasteiger partial charge in [0.1, 0.15) is 5.82 Å². The van der Waals surface area contributed by atoms with Gasteiger partial charge in [0.25, 0.3) is 0 Å². The standard InChI is InChI=1S/C14H18ClFN2O4S/c1-2-18(8-14(19)20)12-6-11(7-12)17-23(21,22)13-4-9(15)3-10(16)5-13/h3-5,11-12,17H,2,6-8H2,1H3,(H,19,20). The van der Waals surface area contributed by atoms with Gasteiger partial charge in [-0.25, -0.2) is 17.5 Å². The predicted octanol–water partition coefficient (Wildman–Crippen LogP) is 1.69. The van der Waals surface area contributed by atoms with Gasteiger partial charge in [-0.3, -0.25) is 9.69 Å². The fourth-order valence-corrected chi connectivity index (χ4v) is 4.23. The molecule has 6 nitrogen and oxygen atoms in total. The molecule has 0 spiro atoms. The van der Waals surface area contributed by atoms with Crippen molar-refractivity contribution in [2.24, 2.45) is 0 Å². The fraction of sp³-hybridized carbons (Fsp3) is 0.500. The number of likely N-dealkylation sites (N-methyl/N-ethyl adjacent to an activating group) is 1. The van der Waals surface area contributed by atoms with E-state index in [2.05, 4.69) is 4.72 Å². The average Bonchev–Trinajstić information content (AvgIpc) is 2.39. The number of halogens is 2. The third-order valence-electron chi connectivity index (χ3n) is 3.84. The Hall–Kier alpha value is -1.22. The number of nitrogens with one attached hydrogen (secondary N) is 1. The van der Waals surface area contributed by atoms with Gasteiger partial charge in [-0.2, -0.15) is 0 Å². The molecule has 0 amide bonds. The molecule has 2 rings (SSSR count). The van der Waals surface area contributed by atoms with Crippen molar-refractivity contribution in [3.05, 3.63) is 29.0 Å². The number of carboxylic acids is 1. The maximum atomic E-state index is 13.3. The molecular weight excluding hydrogens is 347 g/mol. The van der Waals surface area contributed by atoms with Gasteiger partial charge in [0.2, 0.25) is 10.0 Å². The lowest BCUT2D eigenvalue weighted by atomic mass is 9.86. The topological polar surface area (TPSA) is 86.7 Å². The van der Waals surface area contributed by atoms with Crippen molar-refractivity contribution in [1.29, 1.82) is 0 Å². The van der Waals surface area contributed by atoms with Crippen molar-refractivity contribution in [2.75, 3.05) is 13.1 Å². The van der Waals surface area contributed by atoms with Crippen LogP contribution in [0.15, 0.2) is 23.1 Å². The Morgan fingerprint density at radius 3 is 2.61 bits per heavy atom. The van der Waals surface area contributed by atoms with Crippen LogP contribution in [0.25, 0.3) is 0 Å². The van der Waals surface area contributed by atoms with Crippen LogP contribution in [-0.4, -0.2) is 49.6 Å². The first-order valence-electron chi connectivity index (χ1n) is 7.15. The van der Waals surface area contributed by atoms with Crippen LogP contribution in [0.4, 0.5) is 4.39 Å². The van der Waals surface area contributed by atoms with Crippen molar-refractivity contribution in [3.8, 4) is 0 Å². The Kier molecular flexibility index (Phi) is 5.61. The third kappa shape index (κ3) is 4.63. The molecule has 1 fully saturated rings. The number of hydrogen-bond acceptors (Lipinski definition) is 4. The van der Waals surface area contributed by atoms with Gasteiger partial charge < -0.3 is 5.11 Å². The zero-order valence-electron chi connectivity index (χ0n) is 12.5. The lowest BCUT2D eigenvalue weighted by Crippen LogP contribution is -2.54. The van der Waals surface area contributed by atoms with E-state index >= 15 is 0 Å². The van der Waals surface area contributed by atoms with E-state index < -0.39 is 21.8 Å². The second-order valence-corrected chi connectivity index (χ2v) is 7.66. The molecule has 128 valence electrons. The van der Waals surface area contributed by atoms with E-state index in [1.54, 1.807) is 4.90 Å². The summed E-state index contributed by atoms with van der Waals surface area (Å²) in [4.78, 5) is 12.3. The summed E-state index contributed by atoms with van der Waals surface area (Å²) in [5.74, 6) is -1.63. The lowest BCUT2D eigenvalue weighted by Gasteiger charge is -2.42. The number of aliphatic carboxylic acids is 1. The molecular formula is C14H18ClFN2O4S. The first kappa shape index (κ1) is 18.1. The Balaban J connectivity index is 1.97. The fourth-order valence-electron chi connectivity index (χ4n) is 2.63. The van der Waals surface area contributed by atoms with Crippen LogP contribution in [0.1, 0.15) is 19.8 Å². The van der Waals surface area contributed by atoms with Gasteiger partial charge in [0, 0.05) is 17.1 Å². The molecule has 1 aromatic carbocycles. The third-order valence-corrected chi connectivity index (χ3v) is 5.56. The maximum absolute atomic E-state index is 13.3.